The summed E-state index contributed by atoms with van der Waals surface area (Å²) in [5.41, 5.74) is 3.53. The Hall–Kier alpha value is -1.93. The third kappa shape index (κ3) is 21.9. The van der Waals surface area contributed by atoms with Gasteiger partial charge in [-0.1, -0.05) is 197 Å². The molecule has 0 radical (unpaired) electrons. The van der Waals surface area contributed by atoms with E-state index < -0.39 is 53.7 Å². The van der Waals surface area contributed by atoms with E-state index in [0.717, 1.165) is 18.4 Å². The zero-order valence-corrected chi connectivity index (χ0v) is 59.4. The van der Waals surface area contributed by atoms with Crippen molar-refractivity contribution >= 4 is 53.6 Å². The third-order valence-corrected chi connectivity index (χ3v) is 41.7. The number of hydrogen-bond acceptors (Lipinski definition) is 8. The van der Waals surface area contributed by atoms with Gasteiger partial charge >= 0.3 is 5.97 Å². The first-order chi connectivity index (χ1) is 34.3. The summed E-state index contributed by atoms with van der Waals surface area (Å²) in [6, 6.07) is 5.82. The number of aliphatic hydroxyl groups excluding tert-OH is 1. The number of aliphatic hydroxyl groups is 1. The van der Waals surface area contributed by atoms with Gasteiger partial charge in [0.15, 0.2) is 33.3 Å². The number of benzene rings is 1. The number of rotatable bonds is 29. The maximum absolute atomic E-state index is 13.3. The minimum atomic E-state index is -2.32. The first-order valence-corrected chi connectivity index (χ1v) is 42.7. The van der Waals surface area contributed by atoms with Gasteiger partial charge in [0.2, 0.25) is 0 Å². The quantitative estimate of drug-likeness (QED) is 0.0367. The number of hydrogen-bond donors (Lipinski definition) is 1. The maximum atomic E-state index is 13.3. The molecule has 1 rings (SSSR count). The predicted octanol–water partition coefficient (Wildman–Crippen LogP) is 19.5. The van der Waals surface area contributed by atoms with E-state index in [2.05, 4.69) is 215 Å². The van der Waals surface area contributed by atoms with Crippen LogP contribution in [0.4, 0.5) is 0 Å². The molecule has 0 amide bonds. The van der Waals surface area contributed by atoms with Gasteiger partial charge in [-0.2, -0.15) is 0 Å². The van der Waals surface area contributed by atoms with E-state index in [0.29, 0.717) is 47.2 Å². The van der Waals surface area contributed by atoms with Gasteiger partial charge in [0.1, 0.15) is 11.3 Å². The highest BCUT2D eigenvalue weighted by molar-refractivity contribution is 6.78. The molecule has 0 heterocycles. The van der Waals surface area contributed by atoms with E-state index in [9.17, 15) is 9.90 Å². The van der Waals surface area contributed by atoms with Crippen LogP contribution in [0.1, 0.15) is 187 Å². The molecule has 0 unspecified atom stereocenters. The summed E-state index contributed by atoms with van der Waals surface area (Å²) in [7, 11) is -9.47. The summed E-state index contributed by atoms with van der Waals surface area (Å²) in [4.78, 5) is 13.3. The normalized spacial score (nSPS) is 16.8. The molecule has 0 bridgehead atoms. The summed E-state index contributed by atoms with van der Waals surface area (Å²) in [6.07, 6.45) is 21.1. The Bertz CT molecular complexity index is 2060. The Balaban J connectivity index is 3.64. The average molecular weight is 1140 g/mol. The van der Waals surface area contributed by atoms with Crippen molar-refractivity contribution in [1.29, 1.82) is 0 Å². The highest BCUT2D eigenvalue weighted by atomic mass is 28.4. The predicted molar refractivity (Wildman–Crippen MR) is 343 cm³/mol. The lowest BCUT2D eigenvalue weighted by Crippen LogP contribution is -2.51. The monoisotopic (exact) mass is 1140 g/mol. The number of esters is 1. The molecular weight excluding hydrogens is 1030 g/mol. The molecule has 0 fully saturated rings. The van der Waals surface area contributed by atoms with Crippen LogP contribution in [0.5, 0.6) is 5.75 Å². The first kappa shape index (κ1) is 72.1. The number of allylic oxidation sites excluding steroid dienone is 6. The first-order valence-electron chi connectivity index (χ1n) is 28.9. The van der Waals surface area contributed by atoms with E-state index in [4.69, 9.17) is 26.9 Å². The molecule has 13 heteroatoms. The van der Waals surface area contributed by atoms with Crippen molar-refractivity contribution in [2.75, 3.05) is 7.11 Å². The summed E-state index contributed by atoms with van der Waals surface area (Å²) in [5.74, 6) is 0.204. The van der Waals surface area contributed by atoms with Crippen LogP contribution < -0.4 is 4.43 Å². The van der Waals surface area contributed by atoms with Crippen molar-refractivity contribution < 1.29 is 36.8 Å². The van der Waals surface area contributed by atoms with Gasteiger partial charge in [-0.15, -0.1) is 0 Å². The topological polar surface area (TPSA) is 92.7 Å². The van der Waals surface area contributed by atoms with Crippen molar-refractivity contribution in [3.05, 3.63) is 83.5 Å². The molecule has 0 saturated heterocycles. The fourth-order valence-corrected chi connectivity index (χ4v) is 19.8. The second-order valence-corrected chi connectivity index (χ2v) is 53.5. The molecule has 0 saturated carbocycles. The molecule has 1 N–H and O–H groups in total. The Morgan fingerprint density at radius 1 is 0.592 bits per heavy atom. The highest BCUT2D eigenvalue weighted by Crippen LogP contribution is 2.45. The molecular formula is C63H118O8Si5. The van der Waals surface area contributed by atoms with Crippen LogP contribution in [0.2, 0.25) is 89.2 Å². The van der Waals surface area contributed by atoms with Crippen LogP contribution in [0.3, 0.4) is 0 Å². The third-order valence-electron chi connectivity index (χ3n) is 17.6. The number of carbonyl (C=O) groups excluding carboxylic acids is 1. The fraction of sp³-hybridized carbons (Fsp3) is 0.730. The van der Waals surface area contributed by atoms with Crippen molar-refractivity contribution in [3.8, 4) is 5.75 Å². The summed E-state index contributed by atoms with van der Waals surface area (Å²) >= 11 is 0. The molecule has 0 aliphatic carbocycles. The molecule has 8 nitrogen and oxygen atoms in total. The minimum absolute atomic E-state index is 0.0183. The Labute approximate surface area is 474 Å². The molecule has 5 atom stereocenters. The summed E-state index contributed by atoms with van der Waals surface area (Å²) in [6.45, 7) is 63.8. The van der Waals surface area contributed by atoms with E-state index >= 15 is 0 Å². The van der Waals surface area contributed by atoms with Gasteiger partial charge in [0.25, 0.3) is 8.32 Å². The van der Waals surface area contributed by atoms with E-state index in [1.165, 1.54) is 12.7 Å². The van der Waals surface area contributed by atoms with Crippen LogP contribution in [-0.4, -0.2) is 90.3 Å². The van der Waals surface area contributed by atoms with Crippen molar-refractivity contribution in [3.63, 3.8) is 0 Å². The smallest absolute Gasteiger partial charge is 0.342 e. The van der Waals surface area contributed by atoms with Crippen LogP contribution in [-0.2, 0) is 22.4 Å². The zero-order valence-electron chi connectivity index (χ0n) is 54.4. The van der Waals surface area contributed by atoms with Crippen molar-refractivity contribution in [2.45, 2.75) is 290 Å². The fourth-order valence-electron chi connectivity index (χ4n) is 9.06. The summed E-state index contributed by atoms with van der Waals surface area (Å²) in [5, 5.41) is 11.8. The average Bonchev–Trinajstić information content (AvgIpc) is 3.22. The Morgan fingerprint density at radius 2 is 1.04 bits per heavy atom. The highest BCUT2D eigenvalue weighted by Gasteiger charge is 2.48. The van der Waals surface area contributed by atoms with Gasteiger partial charge in [0, 0.05) is 12.5 Å². The van der Waals surface area contributed by atoms with E-state index in [1.54, 1.807) is 0 Å². The van der Waals surface area contributed by atoms with Crippen LogP contribution >= 0.6 is 0 Å². The lowest BCUT2D eigenvalue weighted by atomic mass is 10.0. The number of methoxy groups -OCH3 is 1. The van der Waals surface area contributed by atoms with Gasteiger partial charge in [-0.3, -0.25) is 0 Å². The maximum Gasteiger partial charge on any atom is 0.342 e. The molecule has 1 aromatic rings. The standard InChI is InChI=1S/C63H118O8Si5/c1-47(2)76(48(3)4,49(5)6)71-57-42-35-39-52(58(57)59(65)66-21)38-34-32-30-31-33-37-50(7)43-56(70-75(28,29)63(18,19)20)46-55(69-74(26,27)62(15,16)17)41-36-40-54(68-73(24,25)61(12,13)14)45-53(64)44-51(8)67-72(22,23)60(9,10)11/h30-39,41-42,47-49,51,53-56,64H,40,43-46H2,1-29H3/b32-30+,33-31+,38-34+,41-36+,50-37+/t51-,53+,54+,55-,56+/m1/s1. The van der Waals surface area contributed by atoms with Gasteiger partial charge in [-0.25, -0.2) is 4.79 Å². The lowest BCUT2D eigenvalue weighted by Gasteiger charge is -2.42. The molecule has 76 heavy (non-hydrogen) atoms. The van der Waals surface area contributed by atoms with Gasteiger partial charge in [-0.05, 0) is 140 Å². The van der Waals surface area contributed by atoms with Crippen LogP contribution in [0, 0.1) is 0 Å². The van der Waals surface area contributed by atoms with Crippen LogP contribution in [0.25, 0.3) is 6.08 Å². The Morgan fingerprint density at radius 3 is 1.51 bits per heavy atom. The minimum Gasteiger partial charge on any atom is -0.542 e. The number of ether oxygens (including phenoxy) is 1. The molecule has 0 aliphatic heterocycles. The van der Waals surface area contributed by atoms with E-state index in [-0.39, 0.29) is 44.6 Å². The second-order valence-electron chi connectivity index (χ2n) is 29.1. The second kappa shape index (κ2) is 29.2. The molecule has 0 aliphatic rings. The van der Waals surface area contributed by atoms with Crippen molar-refractivity contribution in [2.24, 2.45) is 0 Å². The Kier molecular flexibility index (Phi) is 27.7. The van der Waals surface area contributed by atoms with E-state index in [1.807, 2.05) is 48.6 Å². The largest absolute Gasteiger partial charge is 0.542 e. The molecule has 1 aromatic carbocycles. The zero-order chi connectivity index (χ0) is 59.3. The van der Waals surface area contributed by atoms with Crippen LogP contribution in [0.15, 0.2) is 72.4 Å². The summed E-state index contributed by atoms with van der Waals surface area (Å²) < 4.78 is 40.8. The SMILES string of the molecule is COC(=O)c1c(/C=C/C=C/C=C/C=C(\C)C[C@@H](C[C@@H](/C=C/C[C@@H](C[C@@H](O)C[C@@H](C)O[Si](C)(C)C(C)(C)C)O[Si](C)(C)C(C)(C)C)O[Si](C)(C)C(C)(C)C)O[Si](C)(C)C(C)(C)C)cccc1O[Si](C(C)C)(C(C)C)C(C)C. The van der Waals surface area contributed by atoms with Gasteiger partial charge in [0.05, 0.1) is 31.5 Å². The number of carbonyl (C=O) groups is 1. The van der Waals surface area contributed by atoms with Gasteiger partial charge < -0.3 is 32.0 Å². The lowest BCUT2D eigenvalue weighted by molar-refractivity contribution is 0.0522. The molecule has 0 aromatic heterocycles. The van der Waals surface area contributed by atoms with Crippen molar-refractivity contribution in [1.82, 2.24) is 0 Å². The molecule has 438 valence electrons. The molecule has 0 spiro atoms.